The van der Waals surface area contributed by atoms with Gasteiger partial charge in [-0.1, -0.05) is 24.2 Å². The predicted octanol–water partition coefficient (Wildman–Crippen LogP) is 2.19. The summed E-state index contributed by atoms with van der Waals surface area (Å²) in [6, 6.07) is 0. The molecule has 0 amide bonds. The van der Waals surface area contributed by atoms with Crippen molar-refractivity contribution in [2.45, 2.75) is 53.6 Å². The first-order valence-electron chi connectivity index (χ1n) is 10.2. The average molecular weight is 474 g/mol. The molecule has 0 aromatic carbocycles. The van der Waals surface area contributed by atoms with Gasteiger partial charge in [-0.3, -0.25) is 29.6 Å². The molecule has 0 N–H and O–H groups in total. The van der Waals surface area contributed by atoms with E-state index < -0.39 is 9.85 Å². The van der Waals surface area contributed by atoms with Crippen LogP contribution < -0.4 is 0 Å². The van der Waals surface area contributed by atoms with E-state index in [2.05, 4.69) is 30.5 Å². The third kappa shape index (κ3) is 5.64. The van der Waals surface area contributed by atoms with E-state index >= 15 is 0 Å². The van der Waals surface area contributed by atoms with E-state index in [0.29, 0.717) is 47.7 Å². The minimum absolute atomic E-state index is 0.0137. The Kier molecular flexibility index (Phi) is 7.39. The normalized spacial score (nSPS) is 10.7. The van der Waals surface area contributed by atoms with Gasteiger partial charge in [0.2, 0.25) is 11.8 Å². The Bertz CT molecular complexity index is 1270. The summed E-state index contributed by atoms with van der Waals surface area (Å²) in [6.45, 7) is 7.52. The Morgan fingerprint density at radius 3 is 1.91 bits per heavy atom. The standard InChI is InChI=1S/2C9H11N5O3/c1-3-8-10-9(17-12-8)5-13-4-7(14(15)16)6(2)11-13;1-3-8-11-9(17-12-8)5-13-6(2)7(4-10-13)14(15)16/h2*4H,3,5H2,1-2H3. The molecule has 0 unspecified atom stereocenters. The van der Waals surface area contributed by atoms with Gasteiger partial charge in [0.05, 0.1) is 9.85 Å². The zero-order valence-electron chi connectivity index (χ0n) is 18.9. The van der Waals surface area contributed by atoms with Crippen LogP contribution in [0.15, 0.2) is 21.4 Å². The van der Waals surface area contributed by atoms with Crippen LogP contribution in [0.1, 0.15) is 48.7 Å². The SMILES string of the molecule is CCc1noc(Cn2cc([N+](=O)[O-])c(C)n2)n1.CCc1noc(Cn2ncc([N+](=O)[O-])c2C)n1. The van der Waals surface area contributed by atoms with Crippen molar-refractivity contribution < 1.29 is 18.9 Å². The molecule has 0 radical (unpaired) electrons. The van der Waals surface area contributed by atoms with Gasteiger partial charge in [0.25, 0.3) is 0 Å². The molecule has 0 bridgehead atoms. The van der Waals surface area contributed by atoms with Crippen LogP contribution in [-0.2, 0) is 25.9 Å². The molecule has 0 aliphatic heterocycles. The molecule has 16 nitrogen and oxygen atoms in total. The quantitative estimate of drug-likeness (QED) is 0.266. The molecular weight excluding hydrogens is 452 g/mol. The highest BCUT2D eigenvalue weighted by Crippen LogP contribution is 2.17. The number of aromatic nitrogens is 8. The van der Waals surface area contributed by atoms with Crippen molar-refractivity contribution >= 4 is 11.4 Å². The smallest absolute Gasteiger partial charge is 0.309 e. The van der Waals surface area contributed by atoms with Crippen LogP contribution in [0.4, 0.5) is 11.4 Å². The Morgan fingerprint density at radius 1 is 0.912 bits per heavy atom. The summed E-state index contributed by atoms with van der Waals surface area (Å²) in [5.74, 6) is 2.00. The van der Waals surface area contributed by atoms with Crippen molar-refractivity contribution in [1.82, 2.24) is 39.8 Å². The van der Waals surface area contributed by atoms with Crippen LogP contribution in [-0.4, -0.2) is 49.7 Å². The van der Waals surface area contributed by atoms with Crippen LogP contribution in [0, 0.1) is 34.1 Å². The van der Waals surface area contributed by atoms with E-state index in [1.54, 1.807) is 13.8 Å². The summed E-state index contributed by atoms with van der Waals surface area (Å²) in [4.78, 5) is 28.6. The summed E-state index contributed by atoms with van der Waals surface area (Å²) < 4.78 is 12.9. The fraction of sp³-hybridized carbons (Fsp3) is 0.444. The van der Waals surface area contributed by atoms with Crippen molar-refractivity contribution in [2.24, 2.45) is 0 Å². The van der Waals surface area contributed by atoms with Gasteiger partial charge in [-0.25, -0.2) is 0 Å². The molecule has 4 aromatic rings. The van der Waals surface area contributed by atoms with Gasteiger partial charge < -0.3 is 9.05 Å². The molecule has 0 aliphatic rings. The molecule has 0 atom stereocenters. The molecule has 16 heteroatoms. The molecule has 4 heterocycles. The number of hydrogen-bond donors (Lipinski definition) is 0. The van der Waals surface area contributed by atoms with E-state index in [0.717, 1.165) is 0 Å². The lowest BCUT2D eigenvalue weighted by Gasteiger charge is -1.98. The minimum atomic E-state index is -0.468. The van der Waals surface area contributed by atoms with Gasteiger partial charge in [0.1, 0.15) is 36.9 Å². The van der Waals surface area contributed by atoms with Gasteiger partial charge in [0, 0.05) is 12.8 Å². The Morgan fingerprint density at radius 2 is 1.47 bits per heavy atom. The second kappa shape index (κ2) is 10.4. The monoisotopic (exact) mass is 474 g/mol. The van der Waals surface area contributed by atoms with E-state index in [4.69, 9.17) is 9.05 Å². The van der Waals surface area contributed by atoms with E-state index in [9.17, 15) is 20.2 Å². The lowest BCUT2D eigenvalue weighted by molar-refractivity contribution is -0.385. The molecule has 0 aliphatic carbocycles. The maximum atomic E-state index is 10.6. The van der Waals surface area contributed by atoms with Crippen LogP contribution in [0.2, 0.25) is 0 Å². The number of rotatable bonds is 8. The Balaban J connectivity index is 0.000000191. The zero-order valence-corrected chi connectivity index (χ0v) is 18.9. The summed E-state index contributed by atoms with van der Waals surface area (Å²) >= 11 is 0. The maximum absolute atomic E-state index is 10.6. The second-order valence-corrected chi connectivity index (χ2v) is 7.00. The largest absolute Gasteiger partial charge is 0.337 e. The van der Waals surface area contributed by atoms with Gasteiger partial charge in [-0.15, -0.1) is 0 Å². The number of nitrogens with zero attached hydrogens (tertiary/aromatic N) is 10. The molecule has 0 fully saturated rings. The van der Waals surface area contributed by atoms with Gasteiger partial charge in [-0.05, 0) is 13.8 Å². The summed E-state index contributed by atoms with van der Waals surface area (Å²) in [5.41, 5.74) is 0.803. The van der Waals surface area contributed by atoms with E-state index in [-0.39, 0.29) is 24.5 Å². The average Bonchev–Trinajstić information content (AvgIpc) is 3.57. The molecule has 4 rings (SSSR count). The summed E-state index contributed by atoms with van der Waals surface area (Å²) in [7, 11) is 0. The number of aryl methyl sites for hydroxylation is 3. The fourth-order valence-corrected chi connectivity index (χ4v) is 2.81. The first-order chi connectivity index (χ1) is 16.2. The first kappa shape index (κ1) is 24.1. The first-order valence-corrected chi connectivity index (χ1v) is 10.2. The molecule has 34 heavy (non-hydrogen) atoms. The van der Waals surface area contributed by atoms with Crippen molar-refractivity contribution in [3.63, 3.8) is 0 Å². The predicted molar refractivity (Wildman–Crippen MR) is 113 cm³/mol. The van der Waals surface area contributed by atoms with Crippen LogP contribution in [0.25, 0.3) is 0 Å². The molecular formula is C18H22N10O6. The van der Waals surface area contributed by atoms with Gasteiger partial charge in [-0.2, -0.15) is 20.2 Å². The van der Waals surface area contributed by atoms with Crippen molar-refractivity contribution in [3.05, 3.63) is 67.4 Å². The fourth-order valence-electron chi connectivity index (χ4n) is 2.81. The Hall–Kier alpha value is -4.50. The zero-order chi connectivity index (χ0) is 24.8. The minimum Gasteiger partial charge on any atom is -0.337 e. The maximum Gasteiger partial charge on any atom is 0.309 e. The number of nitro groups is 2. The lowest BCUT2D eigenvalue weighted by atomic mass is 10.4. The van der Waals surface area contributed by atoms with Crippen LogP contribution >= 0.6 is 0 Å². The van der Waals surface area contributed by atoms with E-state index in [1.165, 1.54) is 21.8 Å². The highest BCUT2D eigenvalue weighted by atomic mass is 16.6. The summed E-state index contributed by atoms with van der Waals surface area (Å²) in [5, 5.41) is 36.7. The molecule has 0 saturated heterocycles. The van der Waals surface area contributed by atoms with Crippen molar-refractivity contribution in [1.29, 1.82) is 0 Å². The van der Waals surface area contributed by atoms with Gasteiger partial charge in [0.15, 0.2) is 11.6 Å². The third-order valence-electron chi connectivity index (χ3n) is 4.63. The summed E-state index contributed by atoms with van der Waals surface area (Å²) in [6.07, 6.45) is 3.93. The second-order valence-electron chi connectivity index (χ2n) is 7.00. The lowest BCUT2D eigenvalue weighted by Crippen LogP contribution is -2.04. The number of hydrogen-bond acceptors (Lipinski definition) is 12. The topological polar surface area (TPSA) is 200 Å². The Labute approximate surface area is 191 Å². The van der Waals surface area contributed by atoms with Gasteiger partial charge >= 0.3 is 11.4 Å². The van der Waals surface area contributed by atoms with E-state index in [1.807, 2.05) is 13.8 Å². The molecule has 4 aromatic heterocycles. The van der Waals surface area contributed by atoms with Crippen LogP contribution in [0.5, 0.6) is 0 Å². The van der Waals surface area contributed by atoms with Crippen molar-refractivity contribution in [2.75, 3.05) is 0 Å². The molecule has 0 saturated carbocycles. The van der Waals surface area contributed by atoms with Crippen LogP contribution in [0.3, 0.4) is 0 Å². The molecule has 0 spiro atoms. The van der Waals surface area contributed by atoms with Crippen molar-refractivity contribution in [3.8, 4) is 0 Å². The highest BCUT2D eigenvalue weighted by molar-refractivity contribution is 5.32. The molecule has 180 valence electrons. The third-order valence-corrected chi connectivity index (χ3v) is 4.63. The highest BCUT2D eigenvalue weighted by Gasteiger charge is 2.18.